The van der Waals surface area contributed by atoms with Crippen molar-refractivity contribution in [2.45, 2.75) is 24.2 Å². The van der Waals surface area contributed by atoms with Gasteiger partial charge in [-0.2, -0.15) is 5.26 Å². The highest BCUT2D eigenvalue weighted by Crippen LogP contribution is 2.44. The van der Waals surface area contributed by atoms with Crippen LogP contribution in [0.4, 0.5) is 5.69 Å². The van der Waals surface area contributed by atoms with Crippen molar-refractivity contribution < 1.29 is 4.79 Å². The van der Waals surface area contributed by atoms with Crippen LogP contribution in [-0.4, -0.2) is 29.6 Å². The van der Waals surface area contributed by atoms with Gasteiger partial charge in [-0.15, -0.1) is 11.8 Å². The first-order valence-electron chi connectivity index (χ1n) is 9.25. The SMILES string of the molecule is CSc1ccc([C@@H]2CC(=O)N3CN(c4cccc(Cl)c4C)CSC3=C2C#N)cc1. The Balaban J connectivity index is 1.66. The van der Waals surface area contributed by atoms with E-state index in [1.165, 1.54) is 4.90 Å². The average molecular weight is 442 g/mol. The lowest BCUT2D eigenvalue weighted by Crippen LogP contribution is -2.47. The maximum absolute atomic E-state index is 13.0. The van der Waals surface area contributed by atoms with Crippen LogP contribution in [0.25, 0.3) is 0 Å². The normalized spacial score (nSPS) is 19.2. The van der Waals surface area contributed by atoms with Crippen LogP contribution in [0.5, 0.6) is 0 Å². The summed E-state index contributed by atoms with van der Waals surface area (Å²) in [6.45, 7) is 2.42. The second kappa shape index (κ2) is 8.35. The molecule has 7 heteroatoms. The number of hydrogen-bond acceptors (Lipinski definition) is 5. The van der Waals surface area contributed by atoms with Crippen molar-refractivity contribution in [3.05, 3.63) is 69.2 Å². The molecular weight excluding hydrogens is 422 g/mol. The van der Waals surface area contributed by atoms with Crippen molar-refractivity contribution in [2.75, 3.05) is 23.7 Å². The molecule has 4 nitrogen and oxygen atoms in total. The van der Waals surface area contributed by atoms with Crippen molar-refractivity contribution in [3.63, 3.8) is 0 Å². The van der Waals surface area contributed by atoms with E-state index in [0.717, 1.165) is 21.8 Å². The van der Waals surface area contributed by atoms with Gasteiger partial charge in [-0.3, -0.25) is 9.69 Å². The van der Waals surface area contributed by atoms with Gasteiger partial charge >= 0.3 is 0 Å². The van der Waals surface area contributed by atoms with Crippen molar-refractivity contribution >= 4 is 46.7 Å². The van der Waals surface area contributed by atoms with Gasteiger partial charge < -0.3 is 4.90 Å². The fourth-order valence-corrected chi connectivity index (χ4v) is 5.51. The molecule has 4 rings (SSSR count). The van der Waals surface area contributed by atoms with Gasteiger partial charge in [-0.25, -0.2) is 0 Å². The highest BCUT2D eigenvalue weighted by atomic mass is 35.5. The van der Waals surface area contributed by atoms with E-state index in [4.69, 9.17) is 11.6 Å². The number of carbonyl (C=O) groups excluding carboxylic acids is 1. The fourth-order valence-electron chi connectivity index (χ4n) is 3.77. The first-order valence-corrected chi connectivity index (χ1v) is 11.8. The lowest BCUT2D eigenvalue weighted by atomic mass is 9.86. The average Bonchev–Trinajstić information content (AvgIpc) is 2.75. The fraction of sp³-hybridized carbons (Fsp3) is 0.273. The summed E-state index contributed by atoms with van der Waals surface area (Å²) < 4.78 is 0. The predicted molar refractivity (Wildman–Crippen MR) is 121 cm³/mol. The molecule has 1 fully saturated rings. The van der Waals surface area contributed by atoms with Gasteiger partial charge in [-0.05, 0) is 48.6 Å². The molecule has 0 radical (unpaired) electrons. The number of rotatable bonds is 3. The minimum atomic E-state index is -0.179. The first-order chi connectivity index (χ1) is 14.0. The number of halogens is 1. The molecule has 0 spiro atoms. The molecule has 1 amide bonds. The van der Waals surface area contributed by atoms with E-state index in [9.17, 15) is 10.1 Å². The second-order valence-electron chi connectivity index (χ2n) is 7.02. The summed E-state index contributed by atoms with van der Waals surface area (Å²) in [6, 6.07) is 16.4. The Morgan fingerprint density at radius 3 is 2.69 bits per heavy atom. The molecule has 2 aliphatic rings. The summed E-state index contributed by atoms with van der Waals surface area (Å²) in [6.07, 6.45) is 2.35. The number of fused-ring (bicyclic) bond motifs is 1. The van der Waals surface area contributed by atoms with Gasteiger partial charge in [0.1, 0.15) is 0 Å². The Morgan fingerprint density at radius 2 is 2.00 bits per heavy atom. The second-order valence-corrected chi connectivity index (χ2v) is 9.24. The summed E-state index contributed by atoms with van der Waals surface area (Å²) in [5, 5.41) is 11.4. The molecule has 0 aliphatic carbocycles. The van der Waals surface area contributed by atoms with Crippen molar-refractivity contribution in [1.29, 1.82) is 5.26 Å². The number of thioether (sulfide) groups is 2. The number of nitriles is 1. The molecule has 29 heavy (non-hydrogen) atoms. The number of hydrogen-bond donors (Lipinski definition) is 0. The quantitative estimate of drug-likeness (QED) is 0.581. The molecule has 2 heterocycles. The third kappa shape index (κ3) is 3.75. The first kappa shape index (κ1) is 20.2. The minimum absolute atomic E-state index is 0.0508. The Labute approximate surface area is 184 Å². The van der Waals surface area contributed by atoms with E-state index in [1.54, 1.807) is 28.4 Å². The lowest BCUT2D eigenvalue weighted by Gasteiger charge is -2.42. The van der Waals surface area contributed by atoms with Crippen LogP contribution in [0.1, 0.15) is 23.5 Å². The summed E-state index contributed by atoms with van der Waals surface area (Å²) >= 11 is 9.51. The standard InChI is InChI=1S/C22H20ClN3OS2/c1-14-19(23)4-3-5-20(14)25-12-26-21(27)10-17(18(11-24)22(26)29-13-25)15-6-8-16(28-2)9-7-15/h3-9,17H,10,12-13H2,1-2H3/t17-/m0/s1. The molecule has 2 aromatic carbocycles. The maximum Gasteiger partial charge on any atom is 0.229 e. The zero-order valence-electron chi connectivity index (χ0n) is 16.2. The van der Waals surface area contributed by atoms with Gasteiger partial charge in [0.15, 0.2) is 0 Å². The summed E-state index contributed by atoms with van der Waals surface area (Å²) in [7, 11) is 0. The highest BCUT2D eigenvalue weighted by Gasteiger charge is 2.38. The smallest absolute Gasteiger partial charge is 0.229 e. The molecule has 1 saturated heterocycles. The van der Waals surface area contributed by atoms with Gasteiger partial charge in [0.25, 0.3) is 0 Å². The van der Waals surface area contributed by atoms with Crippen LogP contribution >= 0.6 is 35.1 Å². The van der Waals surface area contributed by atoms with Gasteiger partial charge in [0, 0.05) is 27.9 Å². The monoisotopic (exact) mass is 441 g/mol. The molecule has 0 saturated carbocycles. The van der Waals surface area contributed by atoms with Gasteiger partial charge in [0.05, 0.1) is 29.2 Å². The Bertz CT molecular complexity index is 1030. The van der Waals surface area contributed by atoms with E-state index in [2.05, 4.69) is 11.0 Å². The van der Waals surface area contributed by atoms with Crippen LogP contribution in [0.2, 0.25) is 5.02 Å². The Morgan fingerprint density at radius 1 is 1.24 bits per heavy atom. The molecule has 0 bridgehead atoms. The number of allylic oxidation sites excluding steroid dienone is 1. The topological polar surface area (TPSA) is 47.3 Å². The molecule has 0 N–H and O–H groups in total. The third-order valence-corrected chi connectivity index (χ3v) is 7.70. The van der Waals surface area contributed by atoms with Crippen LogP contribution in [-0.2, 0) is 4.79 Å². The van der Waals surface area contributed by atoms with Crippen LogP contribution in [0.3, 0.4) is 0 Å². The van der Waals surface area contributed by atoms with E-state index in [1.807, 2.05) is 55.6 Å². The van der Waals surface area contributed by atoms with E-state index in [-0.39, 0.29) is 11.8 Å². The largest absolute Gasteiger partial charge is 0.343 e. The van der Waals surface area contributed by atoms with E-state index < -0.39 is 0 Å². The number of carbonyl (C=O) groups is 1. The molecule has 0 aromatic heterocycles. The predicted octanol–water partition coefficient (Wildman–Crippen LogP) is 5.59. The zero-order chi connectivity index (χ0) is 20.5. The summed E-state index contributed by atoms with van der Waals surface area (Å²) in [5.74, 6) is 0.542. The molecule has 0 unspecified atom stereocenters. The lowest BCUT2D eigenvalue weighted by molar-refractivity contribution is -0.129. The minimum Gasteiger partial charge on any atom is -0.343 e. The Hall–Kier alpha value is -2.07. The molecule has 148 valence electrons. The van der Waals surface area contributed by atoms with Crippen molar-refractivity contribution in [3.8, 4) is 6.07 Å². The number of nitrogens with zero attached hydrogens (tertiary/aromatic N) is 3. The van der Waals surface area contributed by atoms with E-state index >= 15 is 0 Å². The van der Waals surface area contributed by atoms with Crippen LogP contribution in [0.15, 0.2) is 58.0 Å². The number of anilines is 1. The number of benzene rings is 2. The van der Waals surface area contributed by atoms with Crippen molar-refractivity contribution in [2.24, 2.45) is 0 Å². The molecular formula is C22H20ClN3OS2. The van der Waals surface area contributed by atoms with Gasteiger partial charge in [0.2, 0.25) is 5.91 Å². The Kier molecular flexibility index (Phi) is 5.82. The summed E-state index contributed by atoms with van der Waals surface area (Å²) in [4.78, 5) is 18.1. The number of amides is 1. The summed E-state index contributed by atoms with van der Waals surface area (Å²) in [5.41, 5.74) is 3.73. The highest BCUT2D eigenvalue weighted by molar-refractivity contribution is 8.03. The van der Waals surface area contributed by atoms with E-state index in [0.29, 0.717) is 29.6 Å². The molecule has 1 atom stereocenters. The zero-order valence-corrected chi connectivity index (χ0v) is 18.6. The van der Waals surface area contributed by atoms with Crippen LogP contribution in [0, 0.1) is 18.3 Å². The molecule has 2 aliphatic heterocycles. The van der Waals surface area contributed by atoms with Gasteiger partial charge in [-0.1, -0.05) is 41.6 Å². The molecule has 2 aromatic rings. The van der Waals surface area contributed by atoms with Crippen LogP contribution < -0.4 is 4.90 Å². The third-order valence-electron chi connectivity index (χ3n) is 5.39. The van der Waals surface area contributed by atoms with Crippen molar-refractivity contribution in [1.82, 2.24) is 4.90 Å². The maximum atomic E-state index is 13.0.